The first-order valence-electron chi connectivity index (χ1n) is 1.24. The number of hydrogen-bond acceptors (Lipinski definition) is 2. The van der Waals surface area contributed by atoms with Crippen LogP contribution in [0, 0.1) is 0 Å². The van der Waals surface area contributed by atoms with E-state index in [9.17, 15) is 4.57 Å². The van der Waals surface area contributed by atoms with Crippen molar-refractivity contribution in [3.8, 4) is 0 Å². The first kappa shape index (κ1) is 13.1. The van der Waals surface area contributed by atoms with Crippen LogP contribution in [0.2, 0.25) is 0 Å². The molecule has 0 aromatic rings. The SMILES string of the molecule is O=P(O)(Cl)Cl.O=[P+](Cl)Cl. The van der Waals surface area contributed by atoms with Gasteiger partial charge in [-0.3, -0.25) is 4.57 Å². The molecule has 0 atom stereocenters. The molecule has 56 valence electrons. The van der Waals surface area contributed by atoms with Gasteiger partial charge in [-0.05, 0) is 27.0 Å². The van der Waals surface area contributed by atoms with Crippen LogP contribution in [0.1, 0.15) is 0 Å². The lowest BCUT2D eigenvalue weighted by Gasteiger charge is -1.77. The van der Waals surface area contributed by atoms with Gasteiger partial charge in [0.05, 0.1) is 0 Å². The van der Waals surface area contributed by atoms with Crippen LogP contribution in [0.25, 0.3) is 0 Å². The normalized spacial score (nSPS) is 9.44. The molecule has 9 heteroatoms. The molecule has 0 spiro atoms. The third-order valence-corrected chi connectivity index (χ3v) is 0. The van der Waals surface area contributed by atoms with E-state index in [0.29, 0.717) is 0 Å². The predicted octanol–water partition coefficient (Wildman–Crippen LogP) is 3.69. The molecule has 0 aliphatic rings. The van der Waals surface area contributed by atoms with Crippen molar-refractivity contribution < 1.29 is 14.0 Å². The first-order valence-corrected chi connectivity index (χ1v) is 7.78. The molecule has 0 fully saturated rings. The van der Waals surface area contributed by atoms with Crippen LogP contribution in [0.3, 0.4) is 0 Å². The second-order valence-electron chi connectivity index (χ2n) is 0.637. The Labute approximate surface area is 71.6 Å². The maximum Gasteiger partial charge on any atom is 0.575 e. The molecule has 0 amide bonds. The highest BCUT2D eigenvalue weighted by Gasteiger charge is 2.02. The highest BCUT2D eigenvalue weighted by atomic mass is 35.9. The summed E-state index contributed by atoms with van der Waals surface area (Å²) in [6, 6.07) is 0. The van der Waals surface area contributed by atoms with Crippen LogP contribution < -0.4 is 0 Å². The van der Waals surface area contributed by atoms with Gasteiger partial charge >= 0.3 is 12.6 Å². The van der Waals surface area contributed by atoms with Gasteiger partial charge in [-0.15, -0.1) is 0 Å². The van der Waals surface area contributed by atoms with E-state index in [2.05, 4.69) is 45.0 Å². The molecule has 0 unspecified atom stereocenters. The summed E-state index contributed by atoms with van der Waals surface area (Å²) in [5.41, 5.74) is 0. The minimum absolute atomic E-state index is 1.93. The van der Waals surface area contributed by atoms with Crippen LogP contribution >= 0.6 is 57.5 Å². The molecular weight excluding hydrogens is 252 g/mol. The second kappa shape index (κ2) is 6.18. The lowest BCUT2D eigenvalue weighted by molar-refractivity contribution is 0.512. The van der Waals surface area contributed by atoms with Gasteiger partial charge in [-0.1, -0.05) is 0 Å². The number of hydrogen-bond donors (Lipinski definition) is 1. The lowest BCUT2D eigenvalue weighted by atomic mass is 15.9. The highest BCUT2D eigenvalue weighted by Crippen LogP contribution is 2.51. The fourth-order valence-corrected chi connectivity index (χ4v) is 0. The lowest BCUT2D eigenvalue weighted by Crippen LogP contribution is -1.39. The zero-order valence-corrected chi connectivity index (χ0v) is 8.48. The monoisotopic (exact) mass is 251 g/mol. The summed E-state index contributed by atoms with van der Waals surface area (Å²) in [6.45, 7) is -1.93. The summed E-state index contributed by atoms with van der Waals surface area (Å²) in [5, 5.41) is 0. The summed E-state index contributed by atoms with van der Waals surface area (Å²) in [7, 11) is 0. The zero-order chi connectivity index (χ0) is 8.08. The third-order valence-electron chi connectivity index (χ3n) is 0. The second-order valence-corrected chi connectivity index (χ2v) is 7.54. The summed E-state index contributed by atoms with van der Waals surface area (Å²) >= 11 is 17.9. The van der Waals surface area contributed by atoms with E-state index in [-0.39, 0.29) is 0 Å². The van der Waals surface area contributed by atoms with Crippen LogP contribution in [-0.2, 0) is 9.13 Å². The Hall–Kier alpha value is 1.45. The summed E-state index contributed by atoms with van der Waals surface area (Å²) in [6.07, 6.45) is -3.69. The maximum absolute atomic E-state index is 9.30. The van der Waals surface area contributed by atoms with E-state index >= 15 is 0 Å². The topological polar surface area (TPSA) is 54.4 Å². The average Bonchev–Trinajstić information content (AvgIpc) is 1.19. The molecular formula is HCl4O3P2+. The Morgan fingerprint density at radius 3 is 1.33 bits per heavy atom. The molecule has 0 aromatic heterocycles. The van der Waals surface area contributed by atoms with Crippen molar-refractivity contribution in [1.29, 1.82) is 0 Å². The van der Waals surface area contributed by atoms with Crippen molar-refractivity contribution in [3.63, 3.8) is 0 Å². The van der Waals surface area contributed by atoms with Crippen molar-refractivity contribution in [2.24, 2.45) is 0 Å². The van der Waals surface area contributed by atoms with E-state index in [1.807, 2.05) is 0 Å². The van der Waals surface area contributed by atoms with Crippen molar-refractivity contribution in [2.75, 3.05) is 0 Å². The minimum Gasteiger partial charge on any atom is -0.322 e. The molecule has 1 N–H and O–H groups in total. The van der Waals surface area contributed by atoms with Gasteiger partial charge in [-0.25, -0.2) is 0 Å². The minimum atomic E-state index is -3.69. The molecule has 0 heterocycles. The summed E-state index contributed by atoms with van der Waals surface area (Å²) in [4.78, 5) is 7.61. The largest absolute Gasteiger partial charge is 0.575 e. The maximum atomic E-state index is 9.30. The Bertz CT molecular complexity index is 114. The van der Waals surface area contributed by atoms with E-state index < -0.39 is 12.6 Å². The Balaban J connectivity index is 0. The van der Waals surface area contributed by atoms with Crippen molar-refractivity contribution in [3.05, 3.63) is 0 Å². The molecule has 0 aliphatic carbocycles. The number of halogens is 4. The van der Waals surface area contributed by atoms with E-state index in [1.54, 1.807) is 0 Å². The molecule has 9 heavy (non-hydrogen) atoms. The molecule has 0 rings (SSSR count). The highest BCUT2D eigenvalue weighted by molar-refractivity contribution is 8.04. The zero-order valence-electron chi connectivity index (χ0n) is 3.67. The van der Waals surface area contributed by atoms with E-state index in [1.165, 1.54) is 0 Å². The first-order chi connectivity index (χ1) is 3.73. The fraction of sp³-hybridized carbons (Fsp3) is 0. The molecule has 3 nitrogen and oxygen atoms in total. The van der Waals surface area contributed by atoms with Gasteiger partial charge < -0.3 is 4.89 Å². The van der Waals surface area contributed by atoms with Crippen molar-refractivity contribution in [1.82, 2.24) is 0 Å². The third kappa shape index (κ3) is 249. The average molecular weight is 253 g/mol. The number of rotatable bonds is 0. The smallest absolute Gasteiger partial charge is 0.322 e. The molecule has 0 saturated carbocycles. The van der Waals surface area contributed by atoms with E-state index in [0.717, 1.165) is 0 Å². The van der Waals surface area contributed by atoms with Gasteiger partial charge in [0.1, 0.15) is 0 Å². The van der Waals surface area contributed by atoms with Gasteiger partial charge in [0.25, 0.3) is 0 Å². The van der Waals surface area contributed by atoms with Crippen LogP contribution in [0.5, 0.6) is 0 Å². The molecule has 0 radical (unpaired) electrons. The Morgan fingerprint density at radius 2 is 1.33 bits per heavy atom. The van der Waals surface area contributed by atoms with Crippen LogP contribution in [0.4, 0.5) is 0 Å². The van der Waals surface area contributed by atoms with Gasteiger partial charge in [0, 0.05) is 0 Å². The van der Waals surface area contributed by atoms with E-state index in [4.69, 9.17) is 9.46 Å². The Kier molecular flexibility index (Phi) is 8.97. The quantitative estimate of drug-likeness (QED) is 0.669. The van der Waals surface area contributed by atoms with Gasteiger partial charge in [-0.2, -0.15) is 0 Å². The molecule has 0 aliphatic heterocycles. The van der Waals surface area contributed by atoms with Gasteiger partial charge in [0.2, 0.25) is 22.5 Å². The van der Waals surface area contributed by atoms with Crippen LogP contribution in [-0.4, -0.2) is 4.89 Å². The molecule has 0 bridgehead atoms. The summed E-state index contributed by atoms with van der Waals surface area (Å²) < 4.78 is 18.4. The predicted molar refractivity (Wildman–Crippen MR) is 40.8 cm³/mol. The molecule has 0 saturated heterocycles. The molecule has 0 aromatic carbocycles. The fourth-order valence-electron chi connectivity index (χ4n) is 0. The van der Waals surface area contributed by atoms with Crippen molar-refractivity contribution >= 4 is 57.5 Å². The van der Waals surface area contributed by atoms with Crippen molar-refractivity contribution in [2.45, 2.75) is 0 Å². The standard InChI is InChI=1S/Cl2HO2P.Cl2OP/c1-5(2,3)4;1-4(2)3/h(H,3,4);/q;+1. The summed E-state index contributed by atoms with van der Waals surface area (Å²) in [5.74, 6) is 0. The van der Waals surface area contributed by atoms with Crippen LogP contribution in [0.15, 0.2) is 0 Å². The Morgan fingerprint density at radius 1 is 1.33 bits per heavy atom. The van der Waals surface area contributed by atoms with Gasteiger partial charge in [0.15, 0.2) is 0 Å².